The fraction of sp³-hybridized carbons (Fsp3) is 0.304. The van der Waals surface area contributed by atoms with E-state index in [9.17, 15) is 9.59 Å². The molecule has 0 aliphatic carbocycles. The number of carbonyl (C=O) groups excluding carboxylic acids is 2. The Morgan fingerprint density at radius 2 is 2.07 bits per heavy atom. The molecule has 1 aliphatic rings. The van der Waals surface area contributed by atoms with Gasteiger partial charge >= 0.3 is 11.9 Å². The lowest BCUT2D eigenvalue weighted by Gasteiger charge is -2.20. The van der Waals surface area contributed by atoms with Gasteiger partial charge in [-0.05, 0) is 73.2 Å². The van der Waals surface area contributed by atoms with Gasteiger partial charge in [0.25, 0.3) is 0 Å². The average Bonchev–Trinajstić information content (AvgIpc) is 2.72. The summed E-state index contributed by atoms with van der Waals surface area (Å²) in [5, 5.41) is 0. The largest absolute Gasteiger partial charge is 0.493 e. The van der Waals surface area contributed by atoms with Crippen LogP contribution in [0.3, 0.4) is 0 Å². The van der Waals surface area contributed by atoms with Crippen LogP contribution < -0.4 is 10.5 Å². The summed E-state index contributed by atoms with van der Waals surface area (Å²) in [6.07, 6.45) is 4.64. The number of benzene rings is 2. The summed E-state index contributed by atoms with van der Waals surface area (Å²) >= 11 is 0. The molecule has 0 aromatic heterocycles. The predicted molar refractivity (Wildman–Crippen MR) is 112 cm³/mol. The van der Waals surface area contributed by atoms with Crippen LogP contribution in [0.4, 0.5) is 5.69 Å². The first-order valence-corrected chi connectivity index (χ1v) is 9.58. The van der Waals surface area contributed by atoms with Crippen molar-refractivity contribution in [2.75, 3.05) is 26.1 Å². The number of ether oxygens (including phenoxy) is 3. The van der Waals surface area contributed by atoms with Gasteiger partial charge in [0.1, 0.15) is 5.75 Å². The molecule has 0 unspecified atom stereocenters. The lowest BCUT2D eigenvalue weighted by atomic mass is 9.88. The number of carbonyl (C=O) groups is 2. The number of aryl methyl sites for hydroxylation is 2. The van der Waals surface area contributed by atoms with Gasteiger partial charge in [-0.25, -0.2) is 9.59 Å². The molecule has 0 bridgehead atoms. The van der Waals surface area contributed by atoms with Crippen LogP contribution in [0.15, 0.2) is 30.3 Å². The highest BCUT2D eigenvalue weighted by atomic mass is 16.5. The minimum atomic E-state index is -0.520. The lowest BCUT2D eigenvalue weighted by molar-refractivity contribution is -0.137. The first-order chi connectivity index (χ1) is 14.0. The summed E-state index contributed by atoms with van der Waals surface area (Å²) in [5.41, 5.74) is 10.9. The second kappa shape index (κ2) is 8.82. The molecule has 1 aliphatic heterocycles. The molecule has 152 valence electrons. The van der Waals surface area contributed by atoms with E-state index in [-0.39, 0.29) is 6.61 Å². The zero-order valence-electron chi connectivity index (χ0n) is 16.9. The van der Waals surface area contributed by atoms with Crippen molar-refractivity contribution >= 4 is 23.7 Å². The van der Waals surface area contributed by atoms with E-state index in [2.05, 4.69) is 0 Å². The molecule has 6 heteroatoms. The molecule has 29 heavy (non-hydrogen) atoms. The number of hydrogen-bond acceptors (Lipinski definition) is 6. The minimum absolute atomic E-state index is 0.263. The third-order valence-corrected chi connectivity index (χ3v) is 4.86. The van der Waals surface area contributed by atoms with Gasteiger partial charge in [0.2, 0.25) is 0 Å². The summed E-state index contributed by atoms with van der Waals surface area (Å²) in [6, 6.07) is 7.68. The van der Waals surface area contributed by atoms with Crippen LogP contribution in [0, 0.1) is 6.92 Å². The SMILES string of the molecule is CCOC(=O)C=Cc1c(N)cc(C)c(-c2ccc3c(c2)CCCO3)c1C(=O)OC. The van der Waals surface area contributed by atoms with Gasteiger partial charge in [0.05, 0.1) is 25.9 Å². The highest BCUT2D eigenvalue weighted by molar-refractivity contribution is 6.05. The summed E-state index contributed by atoms with van der Waals surface area (Å²) < 4.78 is 15.7. The Morgan fingerprint density at radius 1 is 1.28 bits per heavy atom. The molecule has 0 spiro atoms. The summed E-state index contributed by atoms with van der Waals surface area (Å²) in [5.74, 6) is -0.154. The van der Waals surface area contributed by atoms with Crippen LogP contribution in [0.25, 0.3) is 17.2 Å². The Bertz CT molecular complexity index is 978. The second-order valence-corrected chi connectivity index (χ2v) is 6.80. The Hall–Kier alpha value is -3.28. The number of fused-ring (bicyclic) bond motifs is 1. The standard InChI is InChI=1S/C23H25NO5/c1-4-28-20(25)10-8-17-18(24)12-14(2)21(22(17)23(26)27-3)16-7-9-19-15(13-16)6-5-11-29-19/h7-10,12-13H,4-6,11,24H2,1-3H3. The van der Waals surface area contributed by atoms with Crippen molar-refractivity contribution in [1.82, 2.24) is 0 Å². The number of methoxy groups -OCH3 is 1. The van der Waals surface area contributed by atoms with Gasteiger partial charge in [0.15, 0.2) is 0 Å². The lowest BCUT2D eigenvalue weighted by Crippen LogP contribution is -2.11. The topological polar surface area (TPSA) is 87.9 Å². The van der Waals surface area contributed by atoms with Crippen molar-refractivity contribution in [1.29, 1.82) is 0 Å². The van der Waals surface area contributed by atoms with E-state index in [4.69, 9.17) is 19.9 Å². The Balaban J connectivity index is 2.19. The molecule has 6 nitrogen and oxygen atoms in total. The van der Waals surface area contributed by atoms with Crippen molar-refractivity contribution in [3.8, 4) is 16.9 Å². The molecule has 1 heterocycles. The molecule has 0 saturated heterocycles. The maximum Gasteiger partial charge on any atom is 0.339 e. The van der Waals surface area contributed by atoms with E-state index in [1.807, 2.05) is 25.1 Å². The Labute approximate surface area is 170 Å². The molecule has 2 aromatic rings. The Kier molecular flexibility index (Phi) is 6.22. The zero-order valence-corrected chi connectivity index (χ0v) is 16.9. The molecule has 0 atom stereocenters. The van der Waals surface area contributed by atoms with E-state index >= 15 is 0 Å². The number of anilines is 1. The first-order valence-electron chi connectivity index (χ1n) is 9.58. The van der Waals surface area contributed by atoms with Crippen LogP contribution >= 0.6 is 0 Å². The van der Waals surface area contributed by atoms with Gasteiger partial charge in [0, 0.05) is 17.3 Å². The normalized spacial score (nSPS) is 12.9. The van der Waals surface area contributed by atoms with Gasteiger partial charge in [-0.3, -0.25) is 0 Å². The van der Waals surface area contributed by atoms with Crippen LogP contribution in [-0.2, 0) is 20.7 Å². The van der Waals surface area contributed by atoms with E-state index in [0.29, 0.717) is 23.4 Å². The highest BCUT2D eigenvalue weighted by Gasteiger charge is 2.23. The van der Waals surface area contributed by atoms with Crippen LogP contribution in [0.5, 0.6) is 5.75 Å². The van der Waals surface area contributed by atoms with Crippen molar-refractivity contribution in [2.24, 2.45) is 0 Å². The predicted octanol–water partition coefficient (Wildman–Crippen LogP) is 3.93. The summed E-state index contributed by atoms with van der Waals surface area (Å²) in [6.45, 7) is 4.60. The molecule has 0 fully saturated rings. The van der Waals surface area contributed by atoms with Gasteiger partial charge < -0.3 is 19.9 Å². The third kappa shape index (κ3) is 4.26. The monoisotopic (exact) mass is 395 g/mol. The van der Waals surface area contributed by atoms with E-state index in [1.54, 1.807) is 13.0 Å². The highest BCUT2D eigenvalue weighted by Crippen LogP contribution is 2.37. The minimum Gasteiger partial charge on any atom is -0.493 e. The maximum atomic E-state index is 12.7. The number of rotatable bonds is 5. The van der Waals surface area contributed by atoms with E-state index < -0.39 is 11.9 Å². The van der Waals surface area contributed by atoms with Crippen molar-refractivity contribution in [2.45, 2.75) is 26.7 Å². The van der Waals surface area contributed by atoms with Crippen LogP contribution in [0.1, 0.15) is 40.4 Å². The van der Waals surface area contributed by atoms with E-state index in [1.165, 1.54) is 19.3 Å². The fourth-order valence-corrected chi connectivity index (χ4v) is 3.58. The molecule has 0 saturated carbocycles. The zero-order chi connectivity index (χ0) is 21.0. The second-order valence-electron chi connectivity index (χ2n) is 6.80. The summed E-state index contributed by atoms with van der Waals surface area (Å²) in [7, 11) is 1.32. The number of esters is 2. The number of nitrogen functional groups attached to an aromatic ring is 1. The Morgan fingerprint density at radius 3 is 2.79 bits per heavy atom. The van der Waals surface area contributed by atoms with E-state index in [0.717, 1.165) is 40.8 Å². The number of nitrogens with two attached hydrogens (primary N) is 1. The first kappa shape index (κ1) is 20.5. The molecule has 2 N–H and O–H groups in total. The van der Waals surface area contributed by atoms with Gasteiger partial charge in [-0.15, -0.1) is 0 Å². The molecular formula is C23H25NO5. The van der Waals surface area contributed by atoms with Crippen LogP contribution in [-0.4, -0.2) is 32.3 Å². The smallest absolute Gasteiger partial charge is 0.339 e. The average molecular weight is 395 g/mol. The molecule has 2 aromatic carbocycles. The molecule has 0 radical (unpaired) electrons. The quantitative estimate of drug-likeness (QED) is 0.469. The molecular weight excluding hydrogens is 370 g/mol. The summed E-state index contributed by atoms with van der Waals surface area (Å²) in [4.78, 5) is 24.5. The fourth-order valence-electron chi connectivity index (χ4n) is 3.58. The molecule has 3 rings (SSSR count). The van der Waals surface area contributed by atoms with Crippen molar-refractivity contribution in [3.63, 3.8) is 0 Å². The van der Waals surface area contributed by atoms with Gasteiger partial charge in [-0.2, -0.15) is 0 Å². The maximum absolute atomic E-state index is 12.7. The van der Waals surface area contributed by atoms with Gasteiger partial charge in [-0.1, -0.05) is 6.07 Å². The van der Waals surface area contributed by atoms with Crippen molar-refractivity contribution < 1.29 is 23.8 Å². The number of hydrogen-bond donors (Lipinski definition) is 1. The van der Waals surface area contributed by atoms with Crippen molar-refractivity contribution in [3.05, 3.63) is 52.6 Å². The third-order valence-electron chi connectivity index (χ3n) is 4.86. The van der Waals surface area contributed by atoms with Crippen LogP contribution in [0.2, 0.25) is 0 Å². The molecule has 0 amide bonds.